The Morgan fingerprint density at radius 3 is 2.70 bits per heavy atom. The molecule has 10 heteroatoms. The molecular weight excluding hydrogens is 492 g/mol. The quantitative estimate of drug-likeness (QED) is 0.366. The van der Waals surface area contributed by atoms with Crippen LogP contribution in [0.25, 0.3) is 22.3 Å². The van der Waals surface area contributed by atoms with Crippen molar-refractivity contribution >= 4 is 28.7 Å². The SMILES string of the molecule is CCCC(COC)c1nc2cc(C3NOC(=O)N3)nc(-c3cncc(Cl)c3)c2n1CC1CCC(C)CC1. The second-order valence-corrected chi connectivity index (χ2v) is 10.8. The molecule has 1 saturated heterocycles. The van der Waals surface area contributed by atoms with E-state index in [4.69, 9.17) is 31.1 Å². The lowest BCUT2D eigenvalue weighted by molar-refractivity contribution is 0.121. The number of nitrogens with zero attached hydrogens (tertiary/aromatic N) is 4. The van der Waals surface area contributed by atoms with Crippen molar-refractivity contribution in [3.05, 3.63) is 41.1 Å². The zero-order valence-electron chi connectivity index (χ0n) is 21.7. The maximum atomic E-state index is 11.7. The van der Waals surface area contributed by atoms with Crippen LogP contribution in [0, 0.1) is 11.8 Å². The third-order valence-corrected chi connectivity index (χ3v) is 7.73. The number of hydrogen-bond donors (Lipinski definition) is 2. The van der Waals surface area contributed by atoms with Crippen LogP contribution >= 0.6 is 11.6 Å². The lowest BCUT2D eigenvalue weighted by Gasteiger charge is -2.28. The lowest BCUT2D eigenvalue weighted by atomic mass is 9.83. The molecule has 198 valence electrons. The van der Waals surface area contributed by atoms with Crippen LogP contribution in [-0.2, 0) is 16.1 Å². The molecule has 9 nitrogen and oxygen atoms in total. The van der Waals surface area contributed by atoms with E-state index in [0.717, 1.165) is 53.4 Å². The molecule has 2 fully saturated rings. The number of hydroxylamine groups is 1. The third kappa shape index (κ3) is 5.58. The first kappa shape index (κ1) is 25.9. The van der Waals surface area contributed by atoms with Gasteiger partial charge in [-0.05, 0) is 43.2 Å². The van der Waals surface area contributed by atoms with Gasteiger partial charge in [0.1, 0.15) is 5.82 Å². The minimum atomic E-state index is -0.582. The molecule has 0 aromatic carbocycles. The number of rotatable bonds is 9. The van der Waals surface area contributed by atoms with Crippen molar-refractivity contribution in [1.29, 1.82) is 0 Å². The largest absolute Gasteiger partial charge is 0.427 e. The van der Waals surface area contributed by atoms with Crippen LogP contribution in [0.2, 0.25) is 5.02 Å². The topological polar surface area (TPSA) is 103 Å². The second-order valence-electron chi connectivity index (χ2n) is 10.4. The van der Waals surface area contributed by atoms with Crippen LogP contribution < -0.4 is 10.8 Å². The minimum Gasteiger partial charge on any atom is -0.384 e. The van der Waals surface area contributed by atoms with Gasteiger partial charge < -0.3 is 14.1 Å². The Kier molecular flexibility index (Phi) is 7.92. The summed E-state index contributed by atoms with van der Waals surface area (Å²) in [5, 5.41) is 3.28. The molecule has 0 bridgehead atoms. The van der Waals surface area contributed by atoms with Crippen molar-refractivity contribution in [2.45, 2.75) is 71.0 Å². The molecule has 1 aliphatic heterocycles. The Hall–Kier alpha value is -2.75. The number of hydrogen-bond acceptors (Lipinski definition) is 7. The number of pyridine rings is 2. The lowest BCUT2D eigenvalue weighted by Crippen LogP contribution is -2.24. The van der Waals surface area contributed by atoms with E-state index in [1.807, 2.05) is 12.1 Å². The van der Waals surface area contributed by atoms with Gasteiger partial charge in [0.15, 0.2) is 6.17 Å². The first-order chi connectivity index (χ1) is 18.0. The summed E-state index contributed by atoms with van der Waals surface area (Å²) in [4.78, 5) is 31.2. The van der Waals surface area contributed by atoms with E-state index in [0.29, 0.717) is 23.2 Å². The second kappa shape index (κ2) is 11.3. The highest BCUT2D eigenvalue weighted by atomic mass is 35.5. The predicted molar refractivity (Wildman–Crippen MR) is 142 cm³/mol. The van der Waals surface area contributed by atoms with E-state index in [1.165, 1.54) is 25.7 Å². The third-order valence-electron chi connectivity index (χ3n) is 7.53. The number of nitrogens with one attached hydrogen (secondary N) is 2. The maximum absolute atomic E-state index is 11.7. The molecular formula is C27H35ClN6O3. The molecule has 0 spiro atoms. The van der Waals surface area contributed by atoms with E-state index in [2.05, 4.69) is 34.2 Å². The highest BCUT2D eigenvalue weighted by molar-refractivity contribution is 6.30. The van der Waals surface area contributed by atoms with Crippen molar-refractivity contribution in [2.75, 3.05) is 13.7 Å². The van der Waals surface area contributed by atoms with Gasteiger partial charge in [-0.1, -0.05) is 44.7 Å². The molecule has 1 aliphatic carbocycles. The molecule has 3 aromatic heterocycles. The Balaban J connectivity index is 1.70. The number of halogens is 1. The Labute approximate surface area is 222 Å². The number of methoxy groups -OCH3 is 1. The zero-order chi connectivity index (χ0) is 25.9. The van der Waals surface area contributed by atoms with Crippen molar-refractivity contribution in [3.8, 4) is 11.3 Å². The van der Waals surface area contributed by atoms with Gasteiger partial charge in [-0.15, -0.1) is 5.48 Å². The van der Waals surface area contributed by atoms with Gasteiger partial charge in [0.25, 0.3) is 0 Å². The Morgan fingerprint density at radius 1 is 1.22 bits per heavy atom. The van der Waals surface area contributed by atoms with Crippen LogP contribution in [0.15, 0.2) is 24.5 Å². The number of carbonyl (C=O) groups is 1. The smallest absolute Gasteiger partial charge is 0.384 e. The fraction of sp³-hybridized carbons (Fsp3) is 0.556. The number of ether oxygens (including phenoxy) is 1. The predicted octanol–water partition coefficient (Wildman–Crippen LogP) is 5.75. The van der Waals surface area contributed by atoms with E-state index in [9.17, 15) is 4.79 Å². The summed E-state index contributed by atoms with van der Waals surface area (Å²) in [6, 6.07) is 3.80. The van der Waals surface area contributed by atoms with Gasteiger partial charge in [0, 0.05) is 37.5 Å². The molecule has 4 heterocycles. The van der Waals surface area contributed by atoms with Crippen LogP contribution in [0.1, 0.15) is 76.0 Å². The van der Waals surface area contributed by atoms with Crippen LogP contribution in [0.4, 0.5) is 4.79 Å². The first-order valence-corrected chi connectivity index (χ1v) is 13.6. The fourth-order valence-corrected chi connectivity index (χ4v) is 5.78. The number of aromatic nitrogens is 4. The van der Waals surface area contributed by atoms with Gasteiger partial charge in [-0.25, -0.2) is 14.8 Å². The highest BCUT2D eigenvalue weighted by Crippen LogP contribution is 2.37. The summed E-state index contributed by atoms with van der Waals surface area (Å²) in [5.74, 6) is 2.54. The maximum Gasteiger partial charge on any atom is 0.427 e. The first-order valence-electron chi connectivity index (χ1n) is 13.2. The van der Waals surface area contributed by atoms with Crippen molar-refractivity contribution in [1.82, 2.24) is 30.3 Å². The van der Waals surface area contributed by atoms with E-state index < -0.39 is 12.3 Å². The summed E-state index contributed by atoms with van der Waals surface area (Å²) in [5.41, 5.74) is 6.64. The molecule has 2 unspecified atom stereocenters. The monoisotopic (exact) mass is 526 g/mol. The molecule has 2 atom stereocenters. The van der Waals surface area contributed by atoms with Crippen LogP contribution in [0.3, 0.4) is 0 Å². The molecule has 2 aliphatic rings. The van der Waals surface area contributed by atoms with Gasteiger partial charge in [0.05, 0.1) is 34.1 Å². The molecule has 2 N–H and O–H groups in total. The highest BCUT2D eigenvalue weighted by Gasteiger charge is 2.30. The number of amides is 1. The number of carbonyl (C=O) groups excluding carboxylic acids is 1. The van der Waals surface area contributed by atoms with Crippen LogP contribution in [0.5, 0.6) is 0 Å². The summed E-state index contributed by atoms with van der Waals surface area (Å²) < 4.78 is 8.02. The standard InChI is InChI=1S/C27H35ClN6O3/c1-4-5-18(15-36-3)26-31-21-11-22(25-32-27(35)37-33-25)30-23(19-10-20(28)13-29-12-19)24(21)34(26)14-17-8-6-16(2)7-9-17/h10-13,16-18,25,33H,4-9,14-15H2,1-3H3,(H,32,35). The van der Waals surface area contributed by atoms with Gasteiger partial charge in [-0.3, -0.25) is 10.3 Å². The summed E-state index contributed by atoms with van der Waals surface area (Å²) >= 11 is 6.36. The number of imidazole rings is 1. The number of fused-ring (bicyclic) bond motifs is 1. The molecule has 0 radical (unpaired) electrons. The Morgan fingerprint density at radius 2 is 2.03 bits per heavy atom. The molecule has 1 saturated carbocycles. The van der Waals surface area contributed by atoms with Crippen LogP contribution in [-0.4, -0.2) is 39.3 Å². The van der Waals surface area contributed by atoms with Crippen molar-refractivity contribution < 1.29 is 14.4 Å². The molecule has 1 amide bonds. The van der Waals surface area contributed by atoms with Crippen molar-refractivity contribution in [3.63, 3.8) is 0 Å². The fourth-order valence-electron chi connectivity index (χ4n) is 5.61. The van der Waals surface area contributed by atoms with Gasteiger partial charge >= 0.3 is 6.09 Å². The van der Waals surface area contributed by atoms with Gasteiger partial charge in [-0.2, -0.15) is 0 Å². The normalized spacial score (nSPS) is 22.7. The summed E-state index contributed by atoms with van der Waals surface area (Å²) in [7, 11) is 1.75. The molecule has 37 heavy (non-hydrogen) atoms. The summed E-state index contributed by atoms with van der Waals surface area (Å²) in [6.45, 7) is 6.02. The van der Waals surface area contributed by atoms with Gasteiger partial charge in [0.2, 0.25) is 0 Å². The van der Waals surface area contributed by atoms with E-state index in [-0.39, 0.29) is 5.92 Å². The minimum absolute atomic E-state index is 0.159. The average Bonchev–Trinajstić information content (AvgIpc) is 3.48. The summed E-state index contributed by atoms with van der Waals surface area (Å²) in [6.07, 6.45) is 9.18. The van der Waals surface area contributed by atoms with E-state index >= 15 is 0 Å². The molecule has 5 rings (SSSR count). The van der Waals surface area contributed by atoms with Crippen molar-refractivity contribution in [2.24, 2.45) is 11.8 Å². The molecule has 3 aromatic rings. The Bertz CT molecular complexity index is 1250. The zero-order valence-corrected chi connectivity index (χ0v) is 22.4. The van der Waals surface area contributed by atoms with E-state index in [1.54, 1.807) is 19.5 Å². The average molecular weight is 527 g/mol.